The van der Waals surface area contributed by atoms with Crippen LogP contribution in [0.2, 0.25) is 0 Å². The number of aromatic carboxylic acids is 1. The van der Waals surface area contributed by atoms with Gasteiger partial charge in [0.05, 0.1) is 25.1 Å². The number of carboxylic acids is 1. The number of nitrogens with two attached hydrogens (primary N) is 1. The van der Waals surface area contributed by atoms with E-state index in [4.69, 9.17) is 10.8 Å². The van der Waals surface area contributed by atoms with Crippen molar-refractivity contribution >= 4 is 31.6 Å². The molecule has 56 heavy (non-hydrogen) atoms. The van der Waals surface area contributed by atoms with Crippen molar-refractivity contribution in [3.63, 3.8) is 0 Å². The summed E-state index contributed by atoms with van der Waals surface area (Å²) in [6, 6.07) is 30.6. The Bertz CT molecular complexity index is 2640. The van der Waals surface area contributed by atoms with Crippen molar-refractivity contribution in [3.8, 4) is 0 Å². The summed E-state index contributed by atoms with van der Waals surface area (Å²) < 4.78 is 49.5. The molecule has 0 aliphatic carbocycles. The Kier molecular flexibility index (Phi) is 14.2. The van der Waals surface area contributed by atoms with Crippen LogP contribution in [-0.4, -0.2) is 43.8 Å². The second kappa shape index (κ2) is 18.8. The molecule has 6 rings (SSSR count). The molecule has 0 atom stereocenters. The summed E-state index contributed by atoms with van der Waals surface area (Å²) in [6.45, 7) is 5.94. The van der Waals surface area contributed by atoms with Gasteiger partial charge in [0.1, 0.15) is 0 Å². The average molecular weight is 797 g/mol. The Hall–Kier alpha value is -6.42. The number of aromatic amines is 2. The molecule has 2 heterocycles. The van der Waals surface area contributed by atoms with Crippen molar-refractivity contribution in [1.29, 1.82) is 0 Å². The number of hydrogen-bond donors (Lipinski definition) is 5. The number of carbonyl (C=O) groups is 2. The van der Waals surface area contributed by atoms with E-state index in [1.165, 1.54) is 72.8 Å². The highest BCUT2D eigenvalue weighted by Gasteiger charge is 2.19. The van der Waals surface area contributed by atoms with Gasteiger partial charge in [-0.05, 0) is 117 Å². The van der Waals surface area contributed by atoms with Crippen LogP contribution in [0, 0.1) is 20.8 Å². The molecule has 0 spiro atoms. The van der Waals surface area contributed by atoms with Crippen LogP contribution in [0.15, 0.2) is 157 Å². The number of pyridine rings is 2. The van der Waals surface area contributed by atoms with Gasteiger partial charge in [-0.1, -0.05) is 36.4 Å². The van der Waals surface area contributed by atoms with Crippen LogP contribution >= 0.6 is 0 Å². The predicted octanol–water partition coefficient (Wildman–Crippen LogP) is 5.11. The molecular weight excluding hydrogens is 757 g/mol. The lowest BCUT2D eigenvalue weighted by Gasteiger charge is -2.08. The minimum absolute atomic E-state index is 0.0574. The summed E-state index contributed by atoms with van der Waals surface area (Å²) in [4.78, 5) is 51.8. The van der Waals surface area contributed by atoms with Crippen LogP contribution in [-0.2, 0) is 32.8 Å². The van der Waals surface area contributed by atoms with Gasteiger partial charge in [0.25, 0.3) is 17.0 Å². The van der Waals surface area contributed by atoms with E-state index in [0.717, 1.165) is 16.8 Å². The summed E-state index contributed by atoms with van der Waals surface area (Å²) in [6.07, 6.45) is 1.55. The number of carbonyl (C=O) groups excluding carboxylic acids is 1. The molecule has 2 aromatic heterocycles. The van der Waals surface area contributed by atoms with Crippen molar-refractivity contribution < 1.29 is 31.5 Å². The molecule has 6 N–H and O–H groups in total. The Balaban J connectivity index is 0.000000206. The lowest BCUT2D eigenvalue weighted by Crippen LogP contribution is -2.27. The number of nitrogens with one attached hydrogen (secondary N) is 3. The molecule has 4 aromatic carbocycles. The SMILES string of the molecule is Cc1cc(C)c(CN)c(=O)[nH]1.Cc1cc[nH]c(=O)c1CNC(=O)c1ccc(S(=O)(=O)c2ccccc2)cc1.O=C(O)c1ccc(S(=O)(=O)c2ccccc2)cc1. The molecule has 290 valence electrons. The van der Waals surface area contributed by atoms with E-state index in [0.29, 0.717) is 23.2 Å². The number of carboxylic acid groups (broad SMARTS) is 1. The van der Waals surface area contributed by atoms with E-state index in [9.17, 15) is 36.0 Å². The average Bonchev–Trinajstić information content (AvgIpc) is 3.18. The highest BCUT2D eigenvalue weighted by molar-refractivity contribution is 7.91. The van der Waals surface area contributed by atoms with E-state index in [-0.39, 0.29) is 48.7 Å². The van der Waals surface area contributed by atoms with Gasteiger partial charge >= 0.3 is 5.97 Å². The van der Waals surface area contributed by atoms with Crippen LogP contribution in [0.25, 0.3) is 0 Å². The summed E-state index contributed by atoms with van der Waals surface area (Å²) in [5.41, 5.74) is 9.22. The number of sulfone groups is 2. The maximum absolute atomic E-state index is 12.6. The first-order valence-corrected chi connectivity index (χ1v) is 19.9. The highest BCUT2D eigenvalue weighted by Crippen LogP contribution is 2.22. The molecule has 13 nitrogen and oxygen atoms in total. The first-order chi connectivity index (χ1) is 26.6. The van der Waals surface area contributed by atoms with Gasteiger partial charge in [0, 0.05) is 41.7 Å². The van der Waals surface area contributed by atoms with E-state index >= 15 is 0 Å². The van der Waals surface area contributed by atoms with Crippen LogP contribution < -0.4 is 22.2 Å². The third-order valence-electron chi connectivity index (χ3n) is 8.37. The van der Waals surface area contributed by atoms with E-state index < -0.39 is 25.6 Å². The smallest absolute Gasteiger partial charge is 0.335 e. The van der Waals surface area contributed by atoms with Gasteiger partial charge < -0.3 is 26.1 Å². The lowest BCUT2D eigenvalue weighted by molar-refractivity contribution is 0.0696. The third kappa shape index (κ3) is 10.6. The fourth-order valence-corrected chi connectivity index (χ4v) is 7.83. The standard InChI is InChI=1S/C20H18N2O4S.C13H10O4S.C8H12N2O/c1-14-11-12-21-20(24)18(14)13-22-19(23)15-7-9-17(10-8-15)27(25,26)16-5-3-2-4-6-16;14-13(15)10-6-8-12(9-7-10)18(16,17)11-4-2-1-3-5-11;1-5-3-6(2)10-8(11)7(5)4-9/h2-12H,13H2,1H3,(H,21,24)(H,22,23);1-9H,(H,14,15);3H,4,9H2,1-2H3,(H,10,11). The molecule has 1 amide bonds. The number of aromatic nitrogens is 2. The van der Waals surface area contributed by atoms with E-state index in [1.54, 1.807) is 55.6 Å². The summed E-state index contributed by atoms with van der Waals surface area (Å²) in [5.74, 6) is -1.47. The van der Waals surface area contributed by atoms with Gasteiger partial charge in [-0.3, -0.25) is 14.4 Å². The first kappa shape index (κ1) is 42.3. The van der Waals surface area contributed by atoms with Gasteiger partial charge in [-0.2, -0.15) is 0 Å². The monoisotopic (exact) mass is 796 g/mol. The van der Waals surface area contributed by atoms with Crippen molar-refractivity contribution in [2.24, 2.45) is 5.73 Å². The zero-order chi connectivity index (χ0) is 41.0. The second-order valence-corrected chi connectivity index (χ2v) is 16.2. The molecule has 6 aromatic rings. The highest BCUT2D eigenvalue weighted by atomic mass is 32.2. The number of amides is 1. The Morgan fingerprint density at radius 2 is 1.09 bits per heavy atom. The molecule has 0 unspecified atom stereocenters. The maximum Gasteiger partial charge on any atom is 0.335 e. The second-order valence-electron chi connectivity index (χ2n) is 12.3. The number of benzene rings is 4. The maximum atomic E-state index is 12.6. The normalized spacial score (nSPS) is 10.9. The lowest BCUT2D eigenvalue weighted by atomic mass is 10.1. The predicted molar refractivity (Wildman–Crippen MR) is 211 cm³/mol. The van der Waals surface area contributed by atoms with Gasteiger partial charge in [-0.15, -0.1) is 0 Å². The van der Waals surface area contributed by atoms with Crippen LogP contribution in [0.3, 0.4) is 0 Å². The summed E-state index contributed by atoms with van der Waals surface area (Å²) in [7, 11) is -7.20. The minimum atomic E-state index is -3.63. The number of H-pyrrole nitrogens is 2. The van der Waals surface area contributed by atoms with Gasteiger partial charge in [0.2, 0.25) is 19.7 Å². The molecule has 0 aliphatic rings. The first-order valence-electron chi connectivity index (χ1n) is 16.9. The fourth-order valence-electron chi connectivity index (χ4n) is 5.27. The molecule has 0 radical (unpaired) electrons. The van der Waals surface area contributed by atoms with E-state index in [2.05, 4.69) is 15.3 Å². The Morgan fingerprint density at radius 3 is 1.52 bits per heavy atom. The van der Waals surface area contributed by atoms with Crippen LogP contribution in [0.4, 0.5) is 0 Å². The molecule has 0 aliphatic heterocycles. The molecule has 0 saturated heterocycles. The van der Waals surface area contributed by atoms with Crippen molar-refractivity contribution in [3.05, 3.63) is 187 Å². The largest absolute Gasteiger partial charge is 0.478 e. The molecule has 0 fully saturated rings. The Morgan fingerprint density at radius 1 is 0.625 bits per heavy atom. The van der Waals surface area contributed by atoms with Crippen LogP contribution in [0.1, 0.15) is 48.7 Å². The molecule has 0 bridgehead atoms. The zero-order valence-electron chi connectivity index (χ0n) is 30.6. The van der Waals surface area contributed by atoms with Crippen molar-refractivity contribution in [2.75, 3.05) is 0 Å². The van der Waals surface area contributed by atoms with Crippen molar-refractivity contribution in [1.82, 2.24) is 15.3 Å². The topological polar surface area (TPSA) is 226 Å². The van der Waals surface area contributed by atoms with E-state index in [1.807, 2.05) is 19.9 Å². The Labute approximate surface area is 323 Å². The summed E-state index contributed by atoms with van der Waals surface area (Å²) >= 11 is 0. The van der Waals surface area contributed by atoms with Gasteiger partial charge in [-0.25, -0.2) is 21.6 Å². The fraction of sp³-hybridized carbons (Fsp3) is 0.122. The van der Waals surface area contributed by atoms with Crippen molar-refractivity contribution in [2.45, 2.75) is 53.4 Å². The quantitative estimate of drug-likeness (QED) is 0.130. The third-order valence-corrected chi connectivity index (χ3v) is 11.9. The van der Waals surface area contributed by atoms with Crippen LogP contribution in [0.5, 0.6) is 0 Å². The minimum Gasteiger partial charge on any atom is -0.478 e. The molecular formula is C41H40N4O9S2. The molecule has 0 saturated carbocycles. The van der Waals surface area contributed by atoms with Gasteiger partial charge in [0.15, 0.2) is 0 Å². The molecule has 15 heteroatoms. The number of aryl methyl sites for hydroxylation is 3. The summed E-state index contributed by atoms with van der Waals surface area (Å²) in [5, 5.41) is 11.4. The zero-order valence-corrected chi connectivity index (χ0v) is 32.3. The number of hydrogen-bond acceptors (Lipinski definition) is 9. The number of rotatable bonds is 9.